The van der Waals surface area contributed by atoms with E-state index in [4.69, 9.17) is 9.15 Å². The van der Waals surface area contributed by atoms with Crippen molar-refractivity contribution in [1.29, 1.82) is 0 Å². The number of ether oxygens (including phenoxy) is 1. The molecule has 0 bridgehead atoms. The molecule has 2 aromatic rings. The minimum Gasteiger partial charge on any atom is -0.488 e. The fraction of sp³-hybridized carbons (Fsp3) is 0.154. The van der Waals surface area contributed by atoms with Crippen LogP contribution in [-0.2, 0) is 0 Å². The summed E-state index contributed by atoms with van der Waals surface area (Å²) in [5.74, 6) is 0.699. The molecule has 2 rings (SSSR count). The summed E-state index contributed by atoms with van der Waals surface area (Å²) in [4.78, 5) is 11.5. The summed E-state index contributed by atoms with van der Waals surface area (Å²) < 4.78 is 11.6. The number of hydrogen-bond acceptors (Lipinski definition) is 3. The van der Waals surface area contributed by atoms with Crippen LogP contribution in [0.3, 0.4) is 0 Å². The Balaban J connectivity index is 2.62. The van der Waals surface area contributed by atoms with Gasteiger partial charge in [0.05, 0.1) is 3.57 Å². The third kappa shape index (κ3) is 2.36. The van der Waals surface area contributed by atoms with Gasteiger partial charge in [0.15, 0.2) is 5.58 Å². The molecule has 0 N–H and O–H groups in total. The van der Waals surface area contributed by atoms with E-state index in [9.17, 15) is 4.79 Å². The molecule has 0 unspecified atom stereocenters. The first-order valence-corrected chi connectivity index (χ1v) is 6.18. The molecule has 0 radical (unpaired) electrons. The first kappa shape index (κ1) is 12.2. The number of aryl methyl sites for hydroxylation is 1. The average Bonchev–Trinajstić information content (AvgIpc) is 2.31. The van der Waals surface area contributed by atoms with Crippen molar-refractivity contribution >= 4 is 33.6 Å². The maximum absolute atomic E-state index is 11.5. The summed E-state index contributed by atoms with van der Waals surface area (Å²) in [6.07, 6.45) is 1.67. The lowest BCUT2D eigenvalue weighted by molar-refractivity contribution is 0.360. The minimum absolute atomic E-state index is 0.309. The van der Waals surface area contributed by atoms with E-state index in [0.29, 0.717) is 23.5 Å². The standard InChI is InChI=1S/C13H11IO3/c1-3-6-16-10-5-4-9-7-8(2)13(15)17-12(9)11(10)14/h3-5,7H,1,6H2,2H3. The van der Waals surface area contributed by atoms with Gasteiger partial charge in [0.25, 0.3) is 0 Å². The van der Waals surface area contributed by atoms with Crippen molar-refractivity contribution < 1.29 is 9.15 Å². The van der Waals surface area contributed by atoms with Gasteiger partial charge in [-0.2, -0.15) is 0 Å². The smallest absolute Gasteiger partial charge is 0.339 e. The van der Waals surface area contributed by atoms with Crippen LogP contribution in [0.15, 0.2) is 40.1 Å². The fourth-order valence-corrected chi connectivity index (χ4v) is 2.25. The molecule has 88 valence electrons. The predicted molar refractivity (Wildman–Crippen MR) is 75.6 cm³/mol. The predicted octanol–water partition coefficient (Wildman–Crippen LogP) is 3.27. The molecule has 0 amide bonds. The molecule has 0 saturated heterocycles. The molecule has 0 fully saturated rings. The molecule has 0 saturated carbocycles. The van der Waals surface area contributed by atoms with Crippen LogP contribution in [0.1, 0.15) is 5.56 Å². The van der Waals surface area contributed by atoms with Crippen LogP contribution in [0.4, 0.5) is 0 Å². The lowest BCUT2D eigenvalue weighted by Gasteiger charge is -2.07. The molecule has 0 atom stereocenters. The Morgan fingerprint density at radius 3 is 3.00 bits per heavy atom. The van der Waals surface area contributed by atoms with Gasteiger partial charge in [-0.15, -0.1) is 0 Å². The lowest BCUT2D eigenvalue weighted by Crippen LogP contribution is -2.03. The van der Waals surface area contributed by atoms with E-state index in [0.717, 1.165) is 8.96 Å². The molecular weight excluding hydrogens is 331 g/mol. The van der Waals surface area contributed by atoms with E-state index in [1.165, 1.54) is 0 Å². The maximum atomic E-state index is 11.5. The average molecular weight is 342 g/mol. The Hall–Kier alpha value is -1.30. The largest absolute Gasteiger partial charge is 0.488 e. The van der Waals surface area contributed by atoms with Gasteiger partial charge in [0.1, 0.15) is 12.4 Å². The SMILES string of the molecule is C=CCOc1ccc2cc(C)c(=O)oc2c1I. The zero-order valence-electron chi connectivity index (χ0n) is 9.33. The van der Waals surface area contributed by atoms with Crippen molar-refractivity contribution in [2.75, 3.05) is 6.61 Å². The van der Waals surface area contributed by atoms with E-state index >= 15 is 0 Å². The summed E-state index contributed by atoms with van der Waals surface area (Å²) in [5, 5.41) is 0.900. The van der Waals surface area contributed by atoms with E-state index in [2.05, 4.69) is 29.2 Å². The summed E-state index contributed by atoms with van der Waals surface area (Å²) in [6.45, 7) is 5.76. The quantitative estimate of drug-likeness (QED) is 0.488. The van der Waals surface area contributed by atoms with Crippen molar-refractivity contribution in [2.24, 2.45) is 0 Å². The Kier molecular flexibility index (Phi) is 3.51. The first-order valence-electron chi connectivity index (χ1n) is 5.10. The summed E-state index contributed by atoms with van der Waals surface area (Å²) >= 11 is 2.11. The Morgan fingerprint density at radius 1 is 1.53 bits per heavy atom. The summed E-state index contributed by atoms with van der Waals surface area (Å²) in [5.41, 5.74) is 0.868. The number of benzene rings is 1. The highest BCUT2D eigenvalue weighted by Gasteiger charge is 2.10. The Labute approximate surface area is 112 Å². The molecule has 17 heavy (non-hydrogen) atoms. The minimum atomic E-state index is -0.309. The highest BCUT2D eigenvalue weighted by atomic mass is 127. The second-order valence-electron chi connectivity index (χ2n) is 3.61. The van der Waals surface area contributed by atoms with Gasteiger partial charge in [0, 0.05) is 10.9 Å². The van der Waals surface area contributed by atoms with Crippen LogP contribution >= 0.6 is 22.6 Å². The molecule has 1 aromatic heterocycles. The van der Waals surface area contributed by atoms with Crippen LogP contribution < -0.4 is 10.4 Å². The molecule has 1 heterocycles. The second-order valence-corrected chi connectivity index (χ2v) is 4.69. The van der Waals surface area contributed by atoms with Crippen LogP contribution in [0.5, 0.6) is 5.75 Å². The van der Waals surface area contributed by atoms with Crippen LogP contribution in [0.25, 0.3) is 11.0 Å². The van der Waals surface area contributed by atoms with E-state index < -0.39 is 0 Å². The van der Waals surface area contributed by atoms with Crippen molar-refractivity contribution in [2.45, 2.75) is 6.92 Å². The molecule has 1 aromatic carbocycles. The molecule has 0 aliphatic rings. The van der Waals surface area contributed by atoms with Crippen molar-refractivity contribution in [3.05, 3.63) is 50.4 Å². The Morgan fingerprint density at radius 2 is 2.29 bits per heavy atom. The third-order valence-electron chi connectivity index (χ3n) is 2.34. The zero-order valence-corrected chi connectivity index (χ0v) is 11.5. The topological polar surface area (TPSA) is 39.4 Å². The lowest BCUT2D eigenvalue weighted by atomic mass is 10.2. The Bertz CT molecular complexity index is 628. The second kappa shape index (κ2) is 4.91. The number of fused-ring (bicyclic) bond motifs is 1. The summed E-state index contributed by atoms with van der Waals surface area (Å²) in [7, 11) is 0. The van der Waals surface area contributed by atoms with Gasteiger partial charge in [-0.25, -0.2) is 4.79 Å². The molecule has 4 heteroatoms. The highest BCUT2D eigenvalue weighted by molar-refractivity contribution is 14.1. The van der Waals surface area contributed by atoms with E-state index in [1.54, 1.807) is 13.0 Å². The maximum Gasteiger partial charge on any atom is 0.339 e. The zero-order chi connectivity index (χ0) is 12.4. The number of halogens is 1. The van der Waals surface area contributed by atoms with Gasteiger partial charge in [0.2, 0.25) is 0 Å². The molecule has 3 nitrogen and oxygen atoms in total. The molecule has 0 aliphatic carbocycles. The van der Waals surface area contributed by atoms with E-state index in [-0.39, 0.29) is 5.63 Å². The van der Waals surface area contributed by atoms with Crippen LogP contribution in [0.2, 0.25) is 0 Å². The fourth-order valence-electron chi connectivity index (χ4n) is 1.50. The number of hydrogen-bond donors (Lipinski definition) is 0. The summed E-state index contributed by atoms with van der Waals surface area (Å²) in [6, 6.07) is 5.57. The highest BCUT2D eigenvalue weighted by Crippen LogP contribution is 2.29. The monoisotopic (exact) mass is 342 g/mol. The molecule has 0 spiro atoms. The number of rotatable bonds is 3. The molecular formula is C13H11IO3. The first-order chi connectivity index (χ1) is 8.13. The van der Waals surface area contributed by atoms with Gasteiger partial charge in [-0.05, 0) is 47.7 Å². The van der Waals surface area contributed by atoms with Crippen LogP contribution in [0, 0.1) is 10.5 Å². The van der Waals surface area contributed by atoms with Crippen molar-refractivity contribution in [3.8, 4) is 5.75 Å². The van der Waals surface area contributed by atoms with E-state index in [1.807, 2.05) is 18.2 Å². The van der Waals surface area contributed by atoms with Crippen molar-refractivity contribution in [3.63, 3.8) is 0 Å². The van der Waals surface area contributed by atoms with Gasteiger partial charge >= 0.3 is 5.63 Å². The van der Waals surface area contributed by atoms with Crippen molar-refractivity contribution in [1.82, 2.24) is 0 Å². The van der Waals surface area contributed by atoms with Crippen LogP contribution in [-0.4, -0.2) is 6.61 Å². The van der Waals surface area contributed by atoms with Gasteiger partial charge in [-0.3, -0.25) is 0 Å². The third-order valence-corrected chi connectivity index (χ3v) is 3.36. The molecule has 0 aliphatic heterocycles. The van der Waals surface area contributed by atoms with Gasteiger partial charge in [-0.1, -0.05) is 12.7 Å². The normalized spacial score (nSPS) is 10.5. The van der Waals surface area contributed by atoms with Gasteiger partial charge < -0.3 is 9.15 Å².